The summed E-state index contributed by atoms with van der Waals surface area (Å²) in [6.07, 6.45) is 0.115. The van der Waals surface area contributed by atoms with Gasteiger partial charge in [-0.2, -0.15) is 0 Å². The molecule has 0 atom stereocenters. The smallest absolute Gasteiger partial charge is 0.261 e. The molecular weight excluding hydrogens is 372 g/mol. The van der Waals surface area contributed by atoms with Crippen LogP contribution in [0.25, 0.3) is 0 Å². The first-order valence-corrected chi connectivity index (χ1v) is 10.2. The van der Waals surface area contributed by atoms with Crippen molar-refractivity contribution in [1.29, 1.82) is 0 Å². The molecule has 2 aliphatic rings. The summed E-state index contributed by atoms with van der Waals surface area (Å²) in [4.78, 5) is 56.3. The van der Waals surface area contributed by atoms with Crippen molar-refractivity contribution in [3.8, 4) is 0 Å². The van der Waals surface area contributed by atoms with E-state index in [9.17, 15) is 19.2 Å². The Bertz CT molecular complexity index is 763. The molecule has 0 N–H and O–H groups in total. The fourth-order valence-corrected chi connectivity index (χ4v) is 3.83. The number of carbonyl (C=O) groups is 4. The Balaban J connectivity index is 1.46. The van der Waals surface area contributed by atoms with Gasteiger partial charge in [-0.15, -0.1) is 0 Å². The zero-order valence-corrected chi connectivity index (χ0v) is 17.1. The van der Waals surface area contributed by atoms with E-state index in [4.69, 9.17) is 0 Å². The summed E-state index contributed by atoms with van der Waals surface area (Å²) < 4.78 is 0. The maximum absolute atomic E-state index is 12.6. The SMILES string of the molecule is CCN(CC)C(=O)CN1CCN(C(=O)CCN2C(=O)c3ccccc3C2=O)CC1. The predicted molar refractivity (Wildman–Crippen MR) is 107 cm³/mol. The molecule has 8 nitrogen and oxygen atoms in total. The second-order valence-corrected chi connectivity index (χ2v) is 7.28. The van der Waals surface area contributed by atoms with Crippen molar-refractivity contribution in [2.75, 3.05) is 52.4 Å². The Hall–Kier alpha value is -2.74. The summed E-state index contributed by atoms with van der Waals surface area (Å²) in [5, 5.41) is 0. The molecular formula is C21H28N4O4. The molecule has 156 valence electrons. The third-order valence-electron chi connectivity index (χ3n) is 5.63. The molecule has 0 radical (unpaired) electrons. The van der Waals surface area contributed by atoms with Gasteiger partial charge < -0.3 is 9.80 Å². The van der Waals surface area contributed by atoms with Crippen molar-refractivity contribution in [3.05, 3.63) is 35.4 Å². The molecule has 8 heteroatoms. The van der Waals surface area contributed by atoms with Gasteiger partial charge in [0.15, 0.2) is 0 Å². The summed E-state index contributed by atoms with van der Waals surface area (Å²) in [5.74, 6) is -0.632. The van der Waals surface area contributed by atoms with Crippen LogP contribution in [0.2, 0.25) is 0 Å². The molecule has 0 unspecified atom stereocenters. The minimum Gasteiger partial charge on any atom is -0.342 e. The van der Waals surface area contributed by atoms with E-state index < -0.39 is 0 Å². The van der Waals surface area contributed by atoms with E-state index in [0.29, 0.717) is 56.9 Å². The first kappa shape index (κ1) is 21.0. The molecule has 0 aromatic heterocycles. The van der Waals surface area contributed by atoms with Crippen LogP contribution in [-0.4, -0.2) is 95.6 Å². The maximum atomic E-state index is 12.6. The Morgan fingerprint density at radius 1 is 0.931 bits per heavy atom. The summed E-state index contributed by atoms with van der Waals surface area (Å²) in [6, 6.07) is 6.72. The maximum Gasteiger partial charge on any atom is 0.261 e. The van der Waals surface area contributed by atoms with Crippen LogP contribution < -0.4 is 0 Å². The molecule has 0 spiro atoms. The van der Waals surface area contributed by atoms with Crippen LogP contribution in [0, 0.1) is 0 Å². The molecule has 1 saturated heterocycles. The van der Waals surface area contributed by atoms with Crippen LogP contribution in [0.3, 0.4) is 0 Å². The van der Waals surface area contributed by atoms with E-state index in [0.717, 1.165) is 4.90 Å². The van der Waals surface area contributed by atoms with Gasteiger partial charge in [0, 0.05) is 52.2 Å². The van der Waals surface area contributed by atoms with E-state index >= 15 is 0 Å². The molecule has 29 heavy (non-hydrogen) atoms. The summed E-state index contributed by atoms with van der Waals surface area (Å²) >= 11 is 0. The number of carbonyl (C=O) groups excluding carboxylic acids is 4. The molecule has 2 aliphatic heterocycles. The molecule has 0 bridgehead atoms. The minimum absolute atomic E-state index is 0.0729. The zero-order valence-electron chi connectivity index (χ0n) is 17.1. The number of imide groups is 1. The lowest BCUT2D eigenvalue weighted by atomic mass is 10.1. The first-order chi connectivity index (χ1) is 14.0. The standard InChI is InChI=1S/C21H28N4O4/c1-3-23(4-2)19(27)15-22-11-13-24(14-12-22)18(26)9-10-25-20(28)16-7-5-6-8-17(16)21(25)29/h5-8H,3-4,9-15H2,1-2H3. The normalized spacial score (nSPS) is 16.9. The molecule has 3 rings (SSSR count). The lowest BCUT2D eigenvalue weighted by Gasteiger charge is -2.35. The topological polar surface area (TPSA) is 81.2 Å². The average Bonchev–Trinajstić information content (AvgIpc) is 2.98. The van der Waals surface area contributed by atoms with Gasteiger partial charge in [-0.3, -0.25) is 29.0 Å². The fourth-order valence-electron chi connectivity index (χ4n) is 3.83. The number of likely N-dealkylation sites (N-methyl/N-ethyl adjacent to an activating group) is 1. The molecule has 0 aliphatic carbocycles. The number of amides is 4. The van der Waals surface area contributed by atoms with E-state index in [1.54, 1.807) is 34.1 Å². The highest BCUT2D eigenvalue weighted by molar-refractivity contribution is 6.21. The van der Waals surface area contributed by atoms with Crippen molar-refractivity contribution in [1.82, 2.24) is 19.6 Å². The molecule has 2 heterocycles. The zero-order chi connectivity index (χ0) is 21.0. The highest BCUT2D eigenvalue weighted by Gasteiger charge is 2.35. The predicted octanol–water partition coefficient (Wildman–Crippen LogP) is 0.685. The van der Waals surface area contributed by atoms with Gasteiger partial charge in [0.05, 0.1) is 17.7 Å². The van der Waals surface area contributed by atoms with Crippen LogP contribution in [0.5, 0.6) is 0 Å². The van der Waals surface area contributed by atoms with Crippen LogP contribution in [-0.2, 0) is 9.59 Å². The van der Waals surface area contributed by atoms with Crippen LogP contribution in [0.15, 0.2) is 24.3 Å². The van der Waals surface area contributed by atoms with E-state index in [2.05, 4.69) is 4.90 Å². The molecule has 1 aromatic carbocycles. The van der Waals surface area contributed by atoms with Gasteiger partial charge in [-0.1, -0.05) is 12.1 Å². The number of fused-ring (bicyclic) bond motifs is 1. The molecule has 0 saturated carbocycles. The number of hydrogen-bond acceptors (Lipinski definition) is 5. The Morgan fingerprint density at radius 3 is 2.00 bits per heavy atom. The summed E-state index contributed by atoms with van der Waals surface area (Å²) in [7, 11) is 0. The number of piperazine rings is 1. The van der Waals surface area contributed by atoms with Gasteiger partial charge in [-0.25, -0.2) is 0 Å². The quantitative estimate of drug-likeness (QED) is 0.629. The highest BCUT2D eigenvalue weighted by atomic mass is 16.2. The van der Waals surface area contributed by atoms with Crippen LogP contribution in [0.1, 0.15) is 41.0 Å². The number of benzene rings is 1. The first-order valence-electron chi connectivity index (χ1n) is 10.2. The lowest BCUT2D eigenvalue weighted by Crippen LogP contribution is -2.52. The van der Waals surface area contributed by atoms with Crippen molar-refractivity contribution in [3.63, 3.8) is 0 Å². The van der Waals surface area contributed by atoms with Crippen LogP contribution >= 0.6 is 0 Å². The summed E-state index contributed by atoms with van der Waals surface area (Å²) in [6.45, 7) is 8.18. The van der Waals surface area contributed by atoms with Gasteiger partial charge in [0.2, 0.25) is 11.8 Å². The Morgan fingerprint density at radius 2 is 1.48 bits per heavy atom. The van der Waals surface area contributed by atoms with Crippen LogP contribution in [0.4, 0.5) is 0 Å². The van der Waals surface area contributed by atoms with Crippen molar-refractivity contribution >= 4 is 23.6 Å². The van der Waals surface area contributed by atoms with Gasteiger partial charge in [-0.05, 0) is 26.0 Å². The van der Waals surface area contributed by atoms with E-state index in [1.165, 1.54) is 0 Å². The third kappa shape index (κ3) is 4.48. The molecule has 1 fully saturated rings. The van der Waals surface area contributed by atoms with E-state index in [-0.39, 0.29) is 36.6 Å². The van der Waals surface area contributed by atoms with Crippen molar-refractivity contribution in [2.45, 2.75) is 20.3 Å². The Kier molecular flexibility index (Phi) is 6.64. The second-order valence-electron chi connectivity index (χ2n) is 7.28. The minimum atomic E-state index is -0.335. The largest absolute Gasteiger partial charge is 0.342 e. The molecule has 4 amide bonds. The number of hydrogen-bond donors (Lipinski definition) is 0. The average molecular weight is 400 g/mol. The van der Waals surface area contributed by atoms with Crippen molar-refractivity contribution < 1.29 is 19.2 Å². The second kappa shape index (κ2) is 9.17. The van der Waals surface area contributed by atoms with Gasteiger partial charge >= 0.3 is 0 Å². The Labute approximate surface area is 171 Å². The van der Waals surface area contributed by atoms with Crippen molar-refractivity contribution in [2.24, 2.45) is 0 Å². The molecule has 1 aromatic rings. The third-order valence-corrected chi connectivity index (χ3v) is 5.63. The summed E-state index contributed by atoms with van der Waals surface area (Å²) in [5.41, 5.74) is 0.799. The van der Waals surface area contributed by atoms with Gasteiger partial charge in [0.1, 0.15) is 0 Å². The fraction of sp³-hybridized carbons (Fsp3) is 0.524. The number of nitrogens with zero attached hydrogens (tertiary/aromatic N) is 4. The van der Waals surface area contributed by atoms with Gasteiger partial charge in [0.25, 0.3) is 11.8 Å². The van der Waals surface area contributed by atoms with E-state index in [1.807, 2.05) is 13.8 Å². The number of rotatable bonds is 7. The monoisotopic (exact) mass is 400 g/mol. The lowest BCUT2D eigenvalue weighted by molar-refractivity contribution is -0.135. The highest BCUT2D eigenvalue weighted by Crippen LogP contribution is 2.22.